The molecule has 0 spiro atoms. The van der Waals surface area contributed by atoms with E-state index in [2.05, 4.69) is 0 Å². The van der Waals surface area contributed by atoms with Crippen LogP contribution in [0.15, 0.2) is 52.3 Å². The van der Waals surface area contributed by atoms with E-state index < -0.39 is 36.3 Å². The van der Waals surface area contributed by atoms with Crippen molar-refractivity contribution in [2.45, 2.75) is 60.2 Å². The molecule has 1 aliphatic rings. The van der Waals surface area contributed by atoms with Gasteiger partial charge in [0.2, 0.25) is 0 Å². The van der Waals surface area contributed by atoms with E-state index >= 15 is 0 Å². The minimum atomic E-state index is -3.70. The van der Waals surface area contributed by atoms with Gasteiger partial charge in [-0.05, 0) is 55.5 Å². The van der Waals surface area contributed by atoms with E-state index in [1.165, 1.54) is 12.1 Å². The summed E-state index contributed by atoms with van der Waals surface area (Å²) >= 11 is 0. The summed E-state index contributed by atoms with van der Waals surface area (Å²) in [5, 5.41) is 0. The van der Waals surface area contributed by atoms with Gasteiger partial charge in [-0.25, -0.2) is 21.2 Å². The van der Waals surface area contributed by atoms with Crippen LogP contribution in [0, 0.1) is 5.82 Å². The average Bonchev–Trinajstić information content (AvgIpc) is 2.67. The zero-order valence-electron chi connectivity index (χ0n) is 17.6. The highest BCUT2D eigenvalue weighted by Gasteiger charge is 2.45. The standard InChI is InChI=1S/C22H27FO5S2/c1-15(2)16-6-5-7-18(12-16)30(26,27)22(3)10-11-28-21(14-22)19-9-8-17(13-20(19)23)29(4,24)25/h5-9,12-13,15,21H,10-11,14H2,1-4H3. The van der Waals surface area contributed by atoms with Gasteiger partial charge in [-0.15, -0.1) is 0 Å². The van der Waals surface area contributed by atoms with Gasteiger partial charge in [0.05, 0.1) is 20.6 Å². The van der Waals surface area contributed by atoms with E-state index in [1.54, 1.807) is 25.1 Å². The smallest absolute Gasteiger partial charge is 0.184 e. The molecule has 0 aliphatic carbocycles. The molecular weight excluding hydrogens is 427 g/mol. The van der Waals surface area contributed by atoms with Crippen LogP contribution in [0.2, 0.25) is 0 Å². The van der Waals surface area contributed by atoms with Crippen molar-refractivity contribution in [2.75, 3.05) is 12.9 Å². The fourth-order valence-electron chi connectivity index (χ4n) is 3.74. The Labute approximate surface area is 178 Å². The Kier molecular flexibility index (Phi) is 6.15. The minimum absolute atomic E-state index is 0.0797. The number of ether oxygens (including phenoxy) is 1. The van der Waals surface area contributed by atoms with Gasteiger partial charge in [0, 0.05) is 18.4 Å². The molecule has 2 aromatic carbocycles. The summed E-state index contributed by atoms with van der Waals surface area (Å²) in [5.74, 6) is -0.524. The molecule has 3 rings (SSSR count). The molecule has 1 heterocycles. The topological polar surface area (TPSA) is 77.5 Å². The molecular formula is C22H27FO5S2. The number of hydrogen-bond acceptors (Lipinski definition) is 5. The largest absolute Gasteiger partial charge is 0.373 e. The maximum Gasteiger partial charge on any atom is 0.184 e. The molecule has 1 aliphatic heterocycles. The summed E-state index contributed by atoms with van der Waals surface area (Å²) in [6.07, 6.45) is 0.602. The van der Waals surface area contributed by atoms with Gasteiger partial charge in [0.25, 0.3) is 0 Å². The molecule has 0 amide bonds. The number of sulfone groups is 2. The second-order valence-electron chi connectivity index (χ2n) is 8.45. The van der Waals surface area contributed by atoms with Gasteiger partial charge in [-0.2, -0.15) is 0 Å². The van der Waals surface area contributed by atoms with E-state index in [0.29, 0.717) is 6.42 Å². The SMILES string of the molecule is CC(C)c1cccc(S(=O)(=O)C2(C)CCOC(c3ccc(S(C)(=O)=O)cc3F)C2)c1. The summed E-state index contributed by atoms with van der Waals surface area (Å²) in [4.78, 5) is 0.130. The van der Waals surface area contributed by atoms with Crippen molar-refractivity contribution >= 4 is 19.7 Å². The molecule has 30 heavy (non-hydrogen) atoms. The van der Waals surface area contributed by atoms with Gasteiger partial charge < -0.3 is 4.74 Å². The molecule has 2 unspecified atom stereocenters. The molecule has 5 nitrogen and oxygen atoms in total. The fraction of sp³-hybridized carbons (Fsp3) is 0.455. The molecule has 0 radical (unpaired) electrons. The van der Waals surface area contributed by atoms with Crippen molar-refractivity contribution < 1.29 is 26.0 Å². The van der Waals surface area contributed by atoms with Gasteiger partial charge in [0.1, 0.15) is 5.82 Å². The predicted octanol–water partition coefficient (Wildman–Crippen LogP) is 4.44. The van der Waals surface area contributed by atoms with E-state index in [1.807, 2.05) is 19.9 Å². The first kappa shape index (κ1) is 22.9. The maximum absolute atomic E-state index is 14.7. The molecule has 0 aromatic heterocycles. The third-order valence-electron chi connectivity index (χ3n) is 5.80. The zero-order chi connectivity index (χ0) is 22.3. The first-order chi connectivity index (χ1) is 13.8. The van der Waals surface area contributed by atoms with Crippen molar-refractivity contribution in [3.8, 4) is 0 Å². The Morgan fingerprint density at radius 3 is 2.37 bits per heavy atom. The first-order valence-electron chi connectivity index (χ1n) is 9.81. The molecule has 1 fully saturated rings. The first-order valence-corrected chi connectivity index (χ1v) is 13.2. The Bertz CT molecular complexity index is 1160. The maximum atomic E-state index is 14.7. The molecule has 0 bridgehead atoms. The quantitative estimate of drug-likeness (QED) is 0.668. The van der Waals surface area contributed by atoms with E-state index in [4.69, 9.17) is 4.74 Å². The monoisotopic (exact) mass is 454 g/mol. The Morgan fingerprint density at radius 1 is 1.07 bits per heavy atom. The van der Waals surface area contributed by atoms with E-state index in [-0.39, 0.29) is 34.3 Å². The van der Waals surface area contributed by atoms with E-state index in [0.717, 1.165) is 17.9 Å². The number of benzene rings is 2. The highest BCUT2D eigenvalue weighted by Crippen LogP contribution is 2.43. The fourth-order valence-corrected chi connectivity index (χ4v) is 6.21. The van der Waals surface area contributed by atoms with Crippen LogP contribution in [0.3, 0.4) is 0 Å². The lowest BCUT2D eigenvalue weighted by atomic mass is 9.92. The molecule has 0 saturated carbocycles. The van der Waals surface area contributed by atoms with Gasteiger partial charge >= 0.3 is 0 Å². The second-order valence-corrected chi connectivity index (χ2v) is 12.9. The summed E-state index contributed by atoms with van der Waals surface area (Å²) in [5.41, 5.74) is 1.10. The summed E-state index contributed by atoms with van der Waals surface area (Å²) in [7, 11) is -7.24. The molecule has 1 saturated heterocycles. The van der Waals surface area contributed by atoms with Crippen LogP contribution in [0.1, 0.15) is 56.8 Å². The van der Waals surface area contributed by atoms with Crippen LogP contribution in [-0.2, 0) is 24.4 Å². The van der Waals surface area contributed by atoms with Crippen LogP contribution in [0.4, 0.5) is 4.39 Å². The Balaban J connectivity index is 1.96. The lowest BCUT2D eigenvalue weighted by Crippen LogP contribution is -2.42. The molecule has 164 valence electrons. The predicted molar refractivity (Wildman–Crippen MR) is 114 cm³/mol. The van der Waals surface area contributed by atoms with Crippen molar-refractivity contribution in [1.29, 1.82) is 0 Å². The summed E-state index contributed by atoms with van der Waals surface area (Å²) in [6.45, 7) is 5.84. The minimum Gasteiger partial charge on any atom is -0.373 e. The molecule has 0 N–H and O–H groups in total. The van der Waals surface area contributed by atoms with Gasteiger partial charge in [0.15, 0.2) is 19.7 Å². The number of rotatable bonds is 5. The van der Waals surface area contributed by atoms with Crippen LogP contribution < -0.4 is 0 Å². The summed E-state index contributed by atoms with van der Waals surface area (Å²) in [6, 6.07) is 10.6. The van der Waals surface area contributed by atoms with Crippen LogP contribution in [-0.4, -0.2) is 34.4 Å². The highest BCUT2D eigenvalue weighted by molar-refractivity contribution is 7.92. The average molecular weight is 455 g/mol. The Morgan fingerprint density at radius 2 is 1.77 bits per heavy atom. The number of hydrogen-bond donors (Lipinski definition) is 0. The van der Waals surface area contributed by atoms with Crippen molar-refractivity contribution in [3.05, 3.63) is 59.4 Å². The third kappa shape index (κ3) is 4.31. The molecule has 2 atom stereocenters. The van der Waals surface area contributed by atoms with Crippen molar-refractivity contribution in [3.63, 3.8) is 0 Å². The third-order valence-corrected chi connectivity index (χ3v) is 9.45. The molecule has 2 aromatic rings. The second kappa shape index (κ2) is 8.05. The van der Waals surface area contributed by atoms with Crippen molar-refractivity contribution in [2.24, 2.45) is 0 Å². The zero-order valence-corrected chi connectivity index (χ0v) is 19.2. The van der Waals surface area contributed by atoms with Crippen LogP contribution >= 0.6 is 0 Å². The Hall–Kier alpha value is -1.77. The number of halogens is 1. The highest BCUT2D eigenvalue weighted by atomic mass is 32.2. The van der Waals surface area contributed by atoms with Crippen LogP contribution in [0.25, 0.3) is 0 Å². The lowest BCUT2D eigenvalue weighted by molar-refractivity contribution is -0.00168. The normalized spacial score (nSPS) is 22.9. The van der Waals surface area contributed by atoms with Crippen LogP contribution in [0.5, 0.6) is 0 Å². The van der Waals surface area contributed by atoms with Gasteiger partial charge in [-0.3, -0.25) is 0 Å². The van der Waals surface area contributed by atoms with Crippen molar-refractivity contribution in [1.82, 2.24) is 0 Å². The summed E-state index contributed by atoms with van der Waals surface area (Å²) < 4.78 is 69.6. The molecule has 8 heteroatoms. The van der Waals surface area contributed by atoms with E-state index in [9.17, 15) is 21.2 Å². The lowest BCUT2D eigenvalue weighted by Gasteiger charge is -2.38. The van der Waals surface area contributed by atoms with Gasteiger partial charge in [-0.1, -0.05) is 32.0 Å².